The van der Waals surface area contributed by atoms with E-state index in [0.717, 1.165) is 38.1 Å². The fourth-order valence-corrected chi connectivity index (χ4v) is 4.92. The van der Waals surface area contributed by atoms with E-state index >= 15 is 0 Å². The molecule has 1 N–H and O–H groups in total. The smallest absolute Gasteiger partial charge is 0.226 e. The van der Waals surface area contributed by atoms with E-state index in [2.05, 4.69) is 34.5 Å². The van der Waals surface area contributed by atoms with Crippen LogP contribution >= 0.6 is 0 Å². The first kappa shape index (κ1) is 17.7. The van der Waals surface area contributed by atoms with Gasteiger partial charge in [0.25, 0.3) is 0 Å². The molecule has 146 valence electrons. The van der Waals surface area contributed by atoms with Crippen LogP contribution < -0.4 is 10.1 Å². The first-order chi connectivity index (χ1) is 13.8. The van der Waals surface area contributed by atoms with Crippen LogP contribution in [0.3, 0.4) is 0 Å². The molecular formula is C24H28N2O2. The highest BCUT2D eigenvalue weighted by Crippen LogP contribution is 2.50. The molecule has 28 heavy (non-hydrogen) atoms. The van der Waals surface area contributed by atoms with Crippen LogP contribution in [0.5, 0.6) is 5.75 Å². The van der Waals surface area contributed by atoms with Gasteiger partial charge in [0.1, 0.15) is 12.4 Å². The summed E-state index contributed by atoms with van der Waals surface area (Å²) in [6.07, 6.45) is 4.44. The van der Waals surface area contributed by atoms with Crippen molar-refractivity contribution in [2.45, 2.75) is 50.3 Å². The van der Waals surface area contributed by atoms with Crippen LogP contribution in [0, 0.1) is 5.92 Å². The molecule has 2 aromatic rings. The summed E-state index contributed by atoms with van der Waals surface area (Å²) in [6, 6.07) is 19.4. The summed E-state index contributed by atoms with van der Waals surface area (Å²) in [4.78, 5) is 15.4. The first-order valence-electron chi connectivity index (χ1n) is 10.6. The van der Waals surface area contributed by atoms with Gasteiger partial charge in [-0.2, -0.15) is 0 Å². The molecule has 4 heteroatoms. The van der Waals surface area contributed by atoms with Crippen molar-refractivity contribution in [3.63, 3.8) is 0 Å². The molecule has 0 spiro atoms. The van der Waals surface area contributed by atoms with Gasteiger partial charge in [0.05, 0.1) is 0 Å². The van der Waals surface area contributed by atoms with E-state index in [-0.39, 0.29) is 5.92 Å². The zero-order valence-electron chi connectivity index (χ0n) is 16.2. The Labute approximate surface area is 166 Å². The number of hydrogen-bond donors (Lipinski definition) is 1. The van der Waals surface area contributed by atoms with Crippen molar-refractivity contribution in [3.8, 4) is 5.75 Å². The second-order valence-corrected chi connectivity index (χ2v) is 8.42. The Hall–Kier alpha value is -2.33. The molecule has 5 rings (SSSR count). The number of nitrogens with zero attached hydrogens (tertiary/aromatic N) is 1. The van der Waals surface area contributed by atoms with E-state index in [1.807, 2.05) is 30.3 Å². The highest BCUT2D eigenvalue weighted by Gasteiger charge is 2.49. The maximum Gasteiger partial charge on any atom is 0.226 e. The summed E-state index contributed by atoms with van der Waals surface area (Å²) in [5, 5.41) is 3.49. The van der Waals surface area contributed by atoms with Gasteiger partial charge in [-0.15, -0.1) is 0 Å². The highest BCUT2D eigenvalue weighted by atomic mass is 16.5. The Kier molecular flexibility index (Phi) is 4.81. The van der Waals surface area contributed by atoms with Crippen molar-refractivity contribution >= 4 is 5.91 Å². The fourth-order valence-electron chi connectivity index (χ4n) is 4.92. The average molecular weight is 377 g/mol. The largest absolute Gasteiger partial charge is 0.489 e. The van der Waals surface area contributed by atoms with E-state index in [4.69, 9.17) is 4.74 Å². The zero-order chi connectivity index (χ0) is 18.9. The summed E-state index contributed by atoms with van der Waals surface area (Å²) in [7, 11) is 0. The van der Waals surface area contributed by atoms with Crippen LogP contribution in [-0.2, 0) is 11.4 Å². The lowest BCUT2D eigenvalue weighted by Gasteiger charge is -2.28. The molecule has 2 bridgehead atoms. The van der Waals surface area contributed by atoms with Gasteiger partial charge in [0.2, 0.25) is 5.91 Å². The molecule has 2 heterocycles. The third-order valence-corrected chi connectivity index (χ3v) is 6.57. The average Bonchev–Trinajstić information content (AvgIpc) is 3.46. The number of ether oxygens (including phenoxy) is 1. The van der Waals surface area contributed by atoms with Crippen LogP contribution in [0.4, 0.5) is 0 Å². The van der Waals surface area contributed by atoms with Crippen molar-refractivity contribution in [1.29, 1.82) is 0 Å². The van der Waals surface area contributed by atoms with Crippen LogP contribution in [0.25, 0.3) is 0 Å². The zero-order valence-corrected chi connectivity index (χ0v) is 16.2. The second kappa shape index (κ2) is 7.59. The van der Waals surface area contributed by atoms with Gasteiger partial charge in [-0.25, -0.2) is 0 Å². The Morgan fingerprint density at radius 3 is 2.61 bits per heavy atom. The number of carbonyl (C=O) groups is 1. The fraction of sp³-hybridized carbons (Fsp3) is 0.458. The van der Waals surface area contributed by atoms with Gasteiger partial charge in [0.15, 0.2) is 0 Å². The molecule has 4 nitrogen and oxygen atoms in total. The van der Waals surface area contributed by atoms with Crippen LogP contribution in [-0.4, -0.2) is 36.0 Å². The molecule has 2 aromatic carbocycles. The second-order valence-electron chi connectivity index (χ2n) is 8.42. The summed E-state index contributed by atoms with van der Waals surface area (Å²) in [5.41, 5.74) is 2.44. The number of rotatable bonds is 5. The number of hydrogen-bond acceptors (Lipinski definition) is 3. The number of carbonyl (C=O) groups excluding carboxylic acids is 1. The van der Waals surface area contributed by atoms with E-state index < -0.39 is 0 Å². The molecule has 0 aromatic heterocycles. The van der Waals surface area contributed by atoms with Gasteiger partial charge in [-0.05, 0) is 61.4 Å². The summed E-state index contributed by atoms with van der Waals surface area (Å²) in [6.45, 7) is 2.59. The van der Waals surface area contributed by atoms with Gasteiger partial charge >= 0.3 is 0 Å². The number of fused-ring (bicyclic) bond motifs is 2. The molecule has 0 radical (unpaired) electrons. The Morgan fingerprint density at radius 1 is 1.00 bits per heavy atom. The maximum absolute atomic E-state index is 13.2. The molecule has 1 saturated carbocycles. The number of nitrogens with one attached hydrogen (secondary N) is 1. The maximum atomic E-state index is 13.2. The van der Waals surface area contributed by atoms with Crippen molar-refractivity contribution in [1.82, 2.24) is 10.2 Å². The Morgan fingerprint density at radius 2 is 1.79 bits per heavy atom. The predicted octanol–water partition coefficient (Wildman–Crippen LogP) is 3.72. The van der Waals surface area contributed by atoms with Gasteiger partial charge in [0, 0.05) is 24.5 Å². The van der Waals surface area contributed by atoms with Crippen LogP contribution in [0.15, 0.2) is 54.6 Å². The lowest BCUT2D eigenvalue weighted by atomic mass is 10.1. The molecule has 2 aliphatic heterocycles. The minimum Gasteiger partial charge on any atom is -0.489 e. The normalized spacial score (nSPS) is 28.6. The predicted molar refractivity (Wildman–Crippen MR) is 109 cm³/mol. The molecular weight excluding hydrogens is 348 g/mol. The van der Waals surface area contributed by atoms with Crippen molar-refractivity contribution in [2.75, 3.05) is 13.1 Å². The SMILES string of the molecule is O=C(C1CC1c1ccc(OCc2ccccc2)cc1)N1C2CCNCC1CC2. The minimum atomic E-state index is 0.178. The van der Waals surface area contributed by atoms with Crippen molar-refractivity contribution in [3.05, 3.63) is 65.7 Å². The van der Waals surface area contributed by atoms with E-state index in [0.29, 0.717) is 30.5 Å². The number of benzene rings is 2. The molecule has 3 fully saturated rings. The van der Waals surface area contributed by atoms with E-state index in [1.165, 1.54) is 17.5 Å². The summed E-state index contributed by atoms with van der Waals surface area (Å²) < 4.78 is 5.88. The molecule has 4 atom stereocenters. The quantitative estimate of drug-likeness (QED) is 0.865. The van der Waals surface area contributed by atoms with Crippen LogP contribution in [0.1, 0.15) is 42.7 Å². The number of amides is 1. The van der Waals surface area contributed by atoms with Crippen molar-refractivity contribution in [2.24, 2.45) is 5.92 Å². The molecule has 1 amide bonds. The Bertz CT molecular complexity index is 806. The van der Waals surface area contributed by atoms with Gasteiger partial charge < -0.3 is 15.0 Å². The van der Waals surface area contributed by atoms with Crippen molar-refractivity contribution < 1.29 is 9.53 Å². The monoisotopic (exact) mass is 376 g/mol. The molecule has 1 aliphatic carbocycles. The van der Waals surface area contributed by atoms with E-state index in [1.54, 1.807) is 0 Å². The summed E-state index contributed by atoms with van der Waals surface area (Å²) in [5.74, 6) is 1.84. The first-order valence-corrected chi connectivity index (χ1v) is 10.6. The standard InChI is InChI=1S/C24H28N2O2/c27-24(26-19-8-9-20(26)15-25-13-12-19)23-14-22(23)18-6-10-21(11-7-18)28-16-17-4-2-1-3-5-17/h1-7,10-11,19-20,22-23,25H,8-9,12-16H2. The lowest BCUT2D eigenvalue weighted by molar-refractivity contribution is -0.135. The van der Waals surface area contributed by atoms with Gasteiger partial charge in [-0.3, -0.25) is 4.79 Å². The summed E-state index contributed by atoms with van der Waals surface area (Å²) >= 11 is 0. The highest BCUT2D eigenvalue weighted by molar-refractivity contribution is 5.84. The lowest BCUT2D eigenvalue weighted by Crippen LogP contribution is -2.43. The van der Waals surface area contributed by atoms with Crippen LogP contribution in [0.2, 0.25) is 0 Å². The molecule has 2 saturated heterocycles. The topological polar surface area (TPSA) is 41.6 Å². The Balaban J connectivity index is 1.19. The third-order valence-electron chi connectivity index (χ3n) is 6.57. The molecule has 4 unspecified atom stereocenters. The third kappa shape index (κ3) is 3.53. The van der Waals surface area contributed by atoms with Gasteiger partial charge in [-0.1, -0.05) is 42.5 Å². The molecule has 3 aliphatic rings. The van der Waals surface area contributed by atoms with E-state index in [9.17, 15) is 4.79 Å². The minimum absolute atomic E-state index is 0.178.